The molecular weight excluding hydrogens is 409 g/mol. The SMILES string of the molecule is Cc1ccc2nc(-c3ccc(F)c(C)c3)c(CC(=O)NCc3ccc4c(c3)OCO4)n2c1. The van der Waals surface area contributed by atoms with Gasteiger partial charge in [-0.2, -0.15) is 0 Å². The number of aryl methyl sites for hydroxylation is 2. The molecule has 2 aromatic heterocycles. The fourth-order valence-corrected chi connectivity index (χ4v) is 3.86. The number of nitrogens with one attached hydrogen (secondary N) is 1. The van der Waals surface area contributed by atoms with Gasteiger partial charge < -0.3 is 19.2 Å². The van der Waals surface area contributed by atoms with E-state index in [9.17, 15) is 9.18 Å². The van der Waals surface area contributed by atoms with Gasteiger partial charge in [0.2, 0.25) is 12.7 Å². The number of ether oxygens (including phenoxy) is 2. The highest BCUT2D eigenvalue weighted by Gasteiger charge is 2.19. The van der Waals surface area contributed by atoms with Gasteiger partial charge in [-0.15, -0.1) is 0 Å². The minimum absolute atomic E-state index is 0.133. The minimum Gasteiger partial charge on any atom is -0.454 e. The lowest BCUT2D eigenvalue weighted by Gasteiger charge is -2.09. The van der Waals surface area contributed by atoms with Crippen LogP contribution in [0.2, 0.25) is 0 Å². The van der Waals surface area contributed by atoms with Crippen LogP contribution in [0.25, 0.3) is 16.9 Å². The van der Waals surface area contributed by atoms with Gasteiger partial charge in [-0.25, -0.2) is 9.37 Å². The summed E-state index contributed by atoms with van der Waals surface area (Å²) in [7, 11) is 0. The lowest BCUT2D eigenvalue weighted by molar-refractivity contribution is -0.120. The highest BCUT2D eigenvalue weighted by molar-refractivity contribution is 5.81. The van der Waals surface area contributed by atoms with E-state index in [4.69, 9.17) is 14.5 Å². The van der Waals surface area contributed by atoms with Crippen molar-refractivity contribution in [3.63, 3.8) is 0 Å². The first kappa shape index (κ1) is 20.1. The number of fused-ring (bicyclic) bond motifs is 2. The van der Waals surface area contributed by atoms with Crippen molar-refractivity contribution >= 4 is 11.6 Å². The molecule has 0 saturated heterocycles. The van der Waals surface area contributed by atoms with Crippen molar-refractivity contribution in [3.8, 4) is 22.8 Å². The molecule has 0 aliphatic carbocycles. The lowest BCUT2D eigenvalue weighted by Crippen LogP contribution is -2.25. The third-order valence-electron chi connectivity index (χ3n) is 5.55. The number of hydrogen-bond donors (Lipinski definition) is 1. The Kier molecular flexibility index (Phi) is 5.01. The number of rotatable bonds is 5. The summed E-state index contributed by atoms with van der Waals surface area (Å²) in [5.74, 6) is 0.991. The normalized spacial score (nSPS) is 12.3. The molecule has 0 spiro atoms. The van der Waals surface area contributed by atoms with Crippen LogP contribution in [0.4, 0.5) is 4.39 Å². The monoisotopic (exact) mass is 431 g/mol. The van der Waals surface area contributed by atoms with E-state index in [-0.39, 0.29) is 24.9 Å². The standard InChI is InChI=1S/C25H22FN3O3/c1-15-3-8-23-28-25(18-5-6-19(26)16(2)9-18)20(29(23)13-15)11-24(30)27-12-17-4-7-21-22(10-17)32-14-31-21/h3-10,13H,11-12,14H2,1-2H3,(H,27,30). The number of imidazole rings is 1. The fourth-order valence-electron chi connectivity index (χ4n) is 3.86. The molecule has 5 rings (SSSR count). The van der Waals surface area contributed by atoms with Crippen LogP contribution in [0.15, 0.2) is 54.7 Å². The first-order valence-electron chi connectivity index (χ1n) is 10.4. The van der Waals surface area contributed by atoms with Crippen molar-refractivity contribution in [2.24, 2.45) is 0 Å². The van der Waals surface area contributed by atoms with Crippen molar-refractivity contribution < 1.29 is 18.7 Å². The molecule has 0 radical (unpaired) electrons. The van der Waals surface area contributed by atoms with Crippen LogP contribution in [0.3, 0.4) is 0 Å². The molecule has 0 bridgehead atoms. The number of carbonyl (C=O) groups excluding carboxylic acids is 1. The second-order valence-corrected chi connectivity index (χ2v) is 7.95. The maximum absolute atomic E-state index is 13.8. The van der Waals surface area contributed by atoms with Crippen molar-refractivity contribution in [3.05, 3.63) is 82.9 Å². The Bertz CT molecular complexity index is 1350. The maximum Gasteiger partial charge on any atom is 0.231 e. The molecule has 1 N–H and O–H groups in total. The van der Waals surface area contributed by atoms with Gasteiger partial charge >= 0.3 is 0 Å². The summed E-state index contributed by atoms with van der Waals surface area (Å²) in [4.78, 5) is 17.6. The van der Waals surface area contributed by atoms with Crippen molar-refractivity contribution in [2.75, 3.05) is 6.79 Å². The van der Waals surface area contributed by atoms with E-state index in [1.807, 2.05) is 47.9 Å². The third kappa shape index (κ3) is 3.77. The van der Waals surface area contributed by atoms with Crippen molar-refractivity contribution in [1.82, 2.24) is 14.7 Å². The van der Waals surface area contributed by atoms with E-state index in [0.29, 0.717) is 29.3 Å². The van der Waals surface area contributed by atoms with Crippen LogP contribution < -0.4 is 14.8 Å². The third-order valence-corrected chi connectivity index (χ3v) is 5.55. The minimum atomic E-state index is -0.267. The second kappa shape index (κ2) is 8.00. The second-order valence-electron chi connectivity index (χ2n) is 7.95. The van der Waals surface area contributed by atoms with E-state index in [2.05, 4.69) is 5.32 Å². The van der Waals surface area contributed by atoms with E-state index >= 15 is 0 Å². The van der Waals surface area contributed by atoms with Gasteiger partial charge in [-0.3, -0.25) is 4.79 Å². The Hall–Kier alpha value is -3.87. The van der Waals surface area contributed by atoms with E-state index in [0.717, 1.165) is 28.0 Å². The molecule has 0 atom stereocenters. The Morgan fingerprint density at radius 1 is 1.09 bits per heavy atom. The fraction of sp³-hybridized carbons (Fsp3) is 0.200. The van der Waals surface area contributed by atoms with Gasteiger partial charge in [0.1, 0.15) is 11.5 Å². The maximum atomic E-state index is 13.8. The summed E-state index contributed by atoms with van der Waals surface area (Å²) < 4.78 is 26.5. The molecule has 3 heterocycles. The molecule has 0 unspecified atom stereocenters. The predicted octanol–water partition coefficient (Wildman–Crippen LogP) is 4.34. The molecule has 0 fully saturated rings. The van der Waals surface area contributed by atoms with Crippen LogP contribution in [-0.4, -0.2) is 22.1 Å². The lowest BCUT2D eigenvalue weighted by atomic mass is 10.1. The Morgan fingerprint density at radius 3 is 2.78 bits per heavy atom. The zero-order valence-electron chi connectivity index (χ0n) is 17.8. The summed E-state index contributed by atoms with van der Waals surface area (Å²) in [6, 6.07) is 14.4. The van der Waals surface area contributed by atoms with Crippen LogP contribution >= 0.6 is 0 Å². The van der Waals surface area contributed by atoms with Gasteiger partial charge in [-0.1, -0.05) is 12.1 Å². The number of nitrogens with zero attached hydrogens (tertiary/aromatic N) is 2. The van der Waals surface area contributed by atoms with Gasteiger partial charge in [0.05, 0.1) is 17.8 Å². The van der Waals surface area contributed by atoms with Crippen LogP contribution in [0, 0.1) is 19.7 Å². The molecule has 162 valence electrons. The molecule has 1 amide bonds. The number of amides is 1. The van der Waals surface area contributed by atoms with Gasteiger partial charge in [0.25, 0.3) is 0 Å². The Labute approximate surface area is 184 Å². The first-order chi connectivity index (χ1) is 15.5. The van der Waals surface area contributed by atoms with E-state index < -0.39 is 0 Å². The quantitative estimate of drug-likeness (QED) is 0.510. The smallest absolute Gasteiger partial charge is 0.231 e. The van der Waals surface area contributed by atoms with Gasteiger partial charge in [0.15, 0.2) is 11.5 Å². The summed E-state index contributed by atoms with van der Waals surface area (Å²) in [5, 5.41) is 2.97. The van der Waals surface area contributed by atoms with Crippen molar-refractivity contribution in [2.45, 2.75) is 26.8 Å². The van der Waals surface area contributed by atoms with Crippen molar-refractivity contribution in [1.29, 1.82) is 0 Å². The first-order valence-corrected chi connectivity index (χ1v) is 10.4. The van der Waals surface area contributed by atoms with E-state index in [1.165, 1.54) is 6.07 Å². The highest BCUT2D eigenvalue weighted by atomic mass is 19.1. The summed E-state index contributed by atoms with van der Waals surface area (Å²) in [6.45, 7) is 4.29. The summed E-state index contributed by atoms with van der Waals surface area (Å²) in [5.41, 5.74) is 5.48. The molecule has 7 heteroatoms. The summed E-state index contributed by atoms with van der Waals surface area (Å²) in [6.07, 6.45) is 2.10. The molecule has 1 aliphatic heterocycles. The molecule has 4 aromatic rings. The van der Waals surface area contributed by atoms with E-state index in [1.54, 1.807) is 19.1 Å². The summed E-state index contributed by atoms with van der Waals surface area (Å²) >= 11 is 0. The largest absolute Gasteiger partial charge is 0.454 e. The Morgan fingerprint density at radius 2 is 1.94 bits per heavy atom. The number of pyridine rings is 1. The Balaban J connectivity index is 1.42. The van der Waals surface area contributed by atoms with Gasteiger partial charge in [-0.05, 0) is 66.9 Å². The topological polar surface area (TPSA) is 64.9 Å². The molecule has 32 heavy (non-hydrogen) atoms. The molecule has 2 aromatic carbocycles. The zero-order valence-corrected chi connectivity index (χ0v) is 17.8. The molecule has 1 aliphatic rings. The van der Waals surface area contributed by atoms with Gasteiger partial charge in [0, 0.05) is 18.3 Å². The average Bonchev–Trinajstić information content (AvgIpc) is 3.38. The number of aromatic nitrogens is 2. The average molecular weight is 431 g/mol. The zero-order chi connectivity index (χ0) is 22.2. The van der Waals surface area contributed by atoms with Crippen LogP contribution in [-0.2, 0) is 17.8 Å². The highest BCUT2D eigenvalue weighted by Crippen LogP contribution is 2.32. The van der Waals surface area contributed by atoms with Crippen LogP contribution in [0.1, 0.15) is 22.4 Å². The van der Waals surface area contributed by atoms with Crippen LogP contribution in [0.5, 0.6) is 11.5 Å². The number of benzene rings is 2. The number of hydrogen-bond acceptors (Lipinski definition) is 4. The number of halogens is 1. The predicted molar refractivity (Wildman–Crippen MR) is 118 cm³/mol. The molecule has 0 saturated carbocycles. The number of carbonyl (C=O) groups is 1. The molecule has 6 nitrogen and oxygen atoms in total. The molecular formula is C25H22FN3O3.